The number of carbonyl (C=O) groups excluding carboxylic acids is 1. The third-order valence-corrected chi connectivity index (χ3v) is 3.52. The molecule has 112 valence electrons. The van der Waals surface area contributed by atoms with Crippen molar-refractivity contribution >= 4 is 41.7 Å². The molecular formula is C13H17Cl3N2O2. The Kier molecular flexibility index (Phi) is 6.89. The van der Waals surface area contributed by atoms with Gasteiger partial charge in [0.1, 0.15) is 6.61 Å². The first-order chi connectivity index (χ1) is 9.04. The molecule has 1 aliphatic heterocycles. The fourth-order valence-electron chi connectivity index (χ4n) is 2.01. The van der Waals surface area contributed by atoms with Gasteiger partial charge in [-0.1, -0.05) is 23.2 Å². The third kappa shape index (κ3) is 5.02. The van der Waals surface area contributed by atoms with Crippen LogP contribution in [0, 0.1) is 0 Å². The van der Waals surface area contributed by atoms with E-state index in [4.69, 9.17) is 33.7 Å². The molecule has 0 aliphatic carbocycles. The molecular weight excluding hydrogens is 323 g/mol. The summed E-state index contributed by atoms with van der Waals surface area (Å²) in [5.41, 5.74) is 6.56. The molecule has 0 aromatic heterocycles. The largest absolute Gasteiger partial charge is 0.445 e. The van der Waals surface area contributed by atoms with Crippen molar-refractivity contribution in [1.29, 1.82) is 0 Å². The second-order valence-corrected chi connectivity index (χ2v) is 5.53. The van der Waals surface area contributed by atoms with Crippen molar-refractivity contribution in [2.24, 2.45) is 5.73 Å². The summed E-state index contributed by atoms with van der Waals surface area (Å²) in [6.45, 7) is 1.47. The summed E-state index contributed by atoms with van der Waals surface area (Å²) in [5, 5.41) is 1.06. The highest BCUT2D eigenvalue weighted by Gasteiger charge is 2.21. The van der Waals surface area contributed by atoms with Gasteiger partial charge in [-0.15, -0.1) is 12.4 Å². The number of piperidine rings is 1. The van der Waals surface area contributed by atoms with Gasteiger partial charge in [0.05, 0.1) is 0 Å². The van der Waals surface area contributed by atoms with E-state index in [1.165, 1.54) is 0 Å². The van der Waals surface area contributed by atoms with E-state index in [0.29, 0.717) is 23.1 Å². The molecule has 0 atom stereocenters. The Balaban J connectivity index is 0.00000200. The number of likely N-dealkylation sites (tertiary alicyclic amines) is 1. The Labute approximate surface area is 134 Å². The van der Waals surface area contributed by atoms with Crippen LogP contribution in [-0.4, -0.2) is 30.1 Å². The van der Waals surface area contributed by atoms with E-state index in [0.717, 1.165) is 18.4 Å². The summed E-state index contributed by atoms with van der Waals surface area (Å²) < 4.78 is 5.24. The minimum Gasteiger partial charge on any atom is -0.445 e. The van der Waals surface area contributed by atoms with E-state index in [1.807, 2.05) is 0 Å². The first kappa shape index (κ1) is 17.4. The number of nitrogens with zero attached hydrogens (tertiary/aromatic N) is 1. The maximum atomic E-state index is 11.8. The van der Waals surface area contributed by atoms with Crippen molar-refractivity contribution in [1.82, 2.24) is 4.90 Å². The normalized spacial score (nSPS) is 15.7. The van der Waals surface area contributed by atoms with E-state index < -0.39 is 0 Å². The van der Waals surface area contributed by atoms with E-state index in [9.17, 15) is 4.79 Å². The number of nitrogens with two attached hydrogens (primary N) is 1. The Morgan fingerprint density at radius 1 is 1.25 bits per heavy atom. The topological polar surface area (TPSA) is 55.6 Å². The predicted molar refractivity (Wildman–Crippen MR) is 82.7 cm³/mol. The average Bonchev–Trinajstić information content (AvgIpc) is 2.36. The molecule has 2 N–H and O–H groups in total. The van der Waals surface area contributed by atoms with Crippen LogP contribution in [0.25, 0.3) is 0 Å². The van der Waals surface area contributed by atoms with Gasteiger partial charge in [0.2, 0.25) is 0 Å². The minimum absolute atomic E-state index is 0. The number of carbonyl (C=O) groups is 1. The molecule has 0 bridgehead atoms. The number of amides is 1. The third-order valence-electron chi connectivity index (χ3n) is 3.08. The van der Waals surface area contributed by atoms with E-state index >= 15 is 0 Å². The van der Waals surface area contributed by atoms with Crippen molar-refractivity contribution in [3.63, 3.8) is 0 Å². The Morgan fingerprint density at radius 2 is 1.80 bits per heavy atom. The highest BCUT2D eigenvalue weighted by Crippen LogP contribution is 2.20. The van der Waals surface area contributed by atoms with Crippen LogP contribution in [0.15, 0.2) is 18.2 Å². The van der Waals surface area contributed by atoms with Crippen LogP contribution in [0.4, 0.5) is 4.79 Å². The molecule has 1 aromatic carbocycles. The molecule has 0 radical (unpaired) electrons. The summed E-state index contributed by atoms with van der Waals surface area (Å²) in [6, 6.07) is 5.29. The number of hydrogen-bond donors (Lipinski definition) is 1. The van der Waals surface area contributed by atoms with Crippen LogP contribution >= 0.6 is 35.6 Å². The molecule has 0 unspecified atom stereocenters. The average molecular weight is 340 g/mol. The van der Waals surface area contributed by atoms with Crippen LogP contribution in [0.1, 0.15) is 18.4 Å². The predicted octanol–water partition coefficient (Wildman–Crippen LogP) is 3.47. The minimum atomic E-state index is -0.317. The number of rotatable bonds is 2. The van der Waals surface area contributed by atoms with Gasteiger partial charge >= 0.3 is 6.09 Å². The highest BCUT2D eigenvalue weighted by molar-refractivity contribution is 6.34. The molecule has 20 heavy (non-hydrogen) atoms. The van der Waals surface area contributed by atoms with Gasteiger partial charge in [-0.3, -0.25) is 0 Å². The molecule has 1 aliphatic rings. The van der Waals surface area contributed by atoms with Crippen LogP contribution in [0.3, 0.4) is 0 Å². The molecule has 1 amide bonds. The lowest BCUT2D eigenvalue weighted by molar-refractivity contribution is 0.0873. The zero-order valence-corrected chi connectivity index (χ0v) is 13.2. The zero-order chi connectivity index (χ0) is 13.8. The van der Waals surface area contributed by atoms with Crippen LogP contribution in [0.5, 0.6) is 0 Å². The Hall–Kier alpha value is -0.680. The van der Waals surface area contributed by atoms with E-state index in [1.54, 1.807) is 23.1 Å². The van der Waals surface area contributed by atoms with Gasteiger partial charge in [0, 0.05) is 29.2 Å². The van der Waals surface area contributed by atoms with Gasteiger partial charge in [0.15, 0.2) is 0 Å². The molecule has 1 aromatic rings. The fourth-order valence-corrected chi connectivity index (χ4v) is 2.58. The van der Waals surface area contributed by atoms with Crippen LogP contribution < -0.4 is 5.73 Å². The summed E-state index contributed by atoms with van der Waals surface area (Å²) in [6.07, 6.45) is 1.32. The van der Waals surface area contributed by atoms with Gasteiger partial charge < -0.3 is 15.4 Å². The van der Waals surface area contributed by atoms with E-state index in [-0.39, 0.29) is 31.1 Å². The molecule has 1 fully saturated rings. The number of hydrogen-bond acceptors (Lipinski definition) is 3. The van der Waals surface area contributed by atoms with Gasteiger partial charge in [-0.25, -0.2) is 4.79 Å². The first-order valence-corrected chi connectivity index (χ1v) is 6.92. The lowest BCUT2D eigenvalue weighted by Gasteiger charge is -2.29. The van der Waals surface area contributed by atoms with Crippen molar-refractivity contribution in [2.45, 2.75) is 25.5 Å². The van der Waals surface area contributed by atoms with Crippen molar-refractivity contribution in [3.8, 4) is 0 Å². The lowest BCUT2D eigenvalue weighted by Crippen LogP contribution is -2.43. The van der Waals surface area contributed by atoms with Gasteiger partial charge in [-0.2, -0.15) is 0 Å². The monoisotopic (exact) mass is 338 g/mol. The molecule has 2 rings (SSSR count). The lowest BCUT2D eigenvalue weighted by atomic mass is 10.1. The maximum Gasteiger partial charge on any atom is 0.410 e. The van der Waals surface area contributed by atoms with Crippen molar-refractivity contribution in [2.75, 3.05) is 13.1 Å². The SMILES string of the molecule is Cl.NC1CCN(C(=O)OCc2cc(Cl)cc(Cl)c2)CC1. The molecule has 1 saturated heterocycles. The quantitative estimate of drug-likeness (QED) is 0.897. The Morgan fingerprint density at radius 3 is 2.35 bits per heavy atom. The summed E-state index contributed by atoms with van der Waals surface area (Å²) >= 11 is 11.8. The summed E-state index contributed by atoms with van der Waals surface area (Å²) in [4.78, 5) is 13.5. The summed E-state index contributed by atoms with van der Waals surface area (Å²) in [5.74, 6) is 0. The first-order valence-electron chi connectivity index (χ1n) is 6.17. The van der Waals surface area contributed by atoms with Crippen LogP contribution in [-0.2, 0) is 11.3 Å². The molecule has 1 heterocycles. The molecule has 7 heteroatoms. The second-order valence-electron chi connectivity index (χ2n) is 4.66. The van der Waals surface area contributed by atoms with Crippen LogP contribution in [0.2, 0.25) is 10.0 Å². The molecule has 0 spiro atoms. The summed E-state index contributed by atoms with van der Waals surface area (Å²) in [7, 11) is 0. The number of halogens is 3. The molecule has 4 nitrogen and oxygen atoms in total. The van der Waals surface area contributed by atoms with Crippen molar-refractivity contribution in [3.05, 3.63) is 33.8 Å². The number of benzene rings is 1. The Bertz CT molecular complexity index is 443. The van der Waals surface area contributed by atoms with Gasteiger partial charge in [0.25, 0.3) is 0 Å². The number of ether oxygens (including phenoxy) is 1. The van der Waals surface area contributed by atoms with Crippen molar-refractivity contribution < 1.29 is 9.53 Å². The van der Waals surface area contributed by atoms with E-state index in [2.05, 4.69) is 0 Å². The highest BCUT2D eigenvalue weighted by atomic mass is 35.5. The standard InChI is InChI=1S/C13H16Cl2N2O2.ClH/c14-10-5-9(6-11(15)7-10)8-19-13(18)17-3-1-12(16)2-4-17;/h5-7,12H,1-4,8,16H2;1H. The van der Waals surface area contributed by atoms with Gasteiger partial charge in [-0.05, 0) is 36.6 Å². The second kappa shape index (κ2) is 7.93. The molecule has 0 saturated carbocycles. The maximum absolute atomic E-state index is 11.8. The fraction of sp³-hybridized carbons (Fsp3) is 0.462. The smallest absolute Gasteiger partial charge is 0.410 e. The zero-order valence-electron chi connectivity index (χ0n) is 10.9.